The quantitative estimate of drug-likeness (QED) is 0.224. The molecule has 0 bridgehead atoms. The van der Waals surface area contributed by atoms with Gasteiger partial charge < -0.3 is 25.2 Å². The van der Waals surface area contributed by atoms with Gasteiger partial charge in [-0.15, -0.1) is 0 Å². The van der Waals surface area contributed by atoms with E-state index in [-0.39, 0.29) is 62.8 Å². The van der Waals surface area contributed by atoms with Crippen LogP contribution in [0.1, 0.15) is 35.4 Å². The average Bonchev–Trinajstić information content (AvgIpc) is 3.09. The second kappa shape index (κ2) is 16.1. The van der Waals surface area contributed by atoms with E-state index in [0.29, 0.717) is 18.5 Å². The Morgan fingerprint density at radius 1 is 0.979 bits per heavy atom. The standard InChI is InChI=1S/C36H41FN6O5/c1-3-21-48-36(47)38-20-10-15-31-34(45)41(23-30(27-11-6-4-7-12-27)28-13-8-5-9-14-28)24-32-42(31)33(44)25-40(2)43(32)35(46)39-22-26-16-18-29(37)19-17-26/h3-9,11-14,16-19,30-32H,1,10,15,20-25H2,2H3,(H,38,47)(H,39,46)/t31-,32-/m0/s1. The summed E-state index contributed by atoms with van der Waals surface area (Å²) in [5, 5.41) is 8.62. The molecule has 2 fully saturated rings. The van der Waals surface area contributed by atoms with Crippen molar-refractivity contribution in [3.05, 3.63) is 120 Å². The Balaban J connectivity index is 1.42. The minimum absolute atomic E-state index is 0.0719. The number of nitrogens with zero attached hydrogens (tertiary/aromatic N) is 4. The van der Waals surface area contributed by atoms with Crippen molar-refractivity contribution < 1.29 is 28.3 Å². The van der Waals surface area contributed by atoms with Crippen molar-refractivity contribution in [3.8, 4) is 0 Å². The highest BCUT2D eigenvalue weighted by Crippen LogP contribution is 2.32. The first-order valence-electron chi connectivity index (χ1n) is 16.0. The number of nitrogens with one attached hydrogen (secondary N) is 2. The number of rotatable bonds is 12. The Hall–Kier alpha value is -5.23. The Bertz CT molecular complexity index is 1540. The first-order chi connectivity index (χ1) is 23.3. The summed E-state index contributed by atoms with van der Waals surface area (Å²) in [6.07, 6.45) is 0.725. The summed E-state index contributed by atoms with van der Waals surface area (Å²) in [4.78, 5) is 57.0. The summed E-state index contributed by atoms with van der Waals surface area (Å²) >= 11 is 0. The van der Waals surface area contributed by atoms with Crippen LogP contribution in [0.2, 0.25) is 0 Å². The smallest absolute Gasteiger partial charge is 0.407 e. The fraction of sp³-hybridized carbons (Fsp3) is 0.333. The highest BCUT2D eigenvalue weighted by Gasteiger charge is 2.50. The van der Waals surface area contributed by atoms with Crippen LogP contribution in [0.4, 0.5) is 14.0 Å². The summed E-state index contributed by atoms with van der Waals surface area (Å²) in [5.74, 6) is -1.03. The summed E-state index contributed by atoms with van der Waals surface area (Å²) in [7, 11) is 1.66. The maximum atomic E-state index is 14.3. The number of halogens is 1. The van der Waals surface area contributed by atoms with Crippen molar-refractivity contribution in [1.29, 1.82) is 0 Å². The number of benzene rings is 3. The Morgan fingerprint density at radius 2 is 1.62 bits per heavy atom. The van der Waals surface area contributed by atoms with Gasteiger partial charge in [0, 0.05) is 32.6 Å². The van der Waals surface area contributed by atoms with Crippen LogP contribution in [0, 0.1) is 5.82 Å². The molecule has 3 aromatic carbocycles. The number of amides is 5. The first kappa shape index (κ1) is 34.1. The van der Waals surface area contributed by atoms with Crippen molar-refractivity contribution in [2.45, 2.75) is 37.5 Å². The van der Waals surface area contributed by atoms with Gasteiger partial charge in [0.15, 0.2) is 0 Å². The van der Waals surface area contributed by atoms with Crippen molar-refractivity contribution in [3.63, 3.8) is 0 Å². The van der Waals surface area contributed by atoms with E-state index in [2.05, 4.69) is 17.2 Å². The van der Waals surface area contributed by atoms with E-state index < -0.39 is 24.3 Å². The van der Waals surface area contributed by atoms with E-state index in [0.717, 1.165) is 11.1 Å². The van der Waals surface area contributed by atoms with Crippen LogP contribution in [0.3, 0.4) is 0 Å². The van der Waals surface area contributed by atoms with Crippen LogP contribution in [0.25, 0.3) is 0 Å². The first-order valence-corrected chi connectivity index (χ1v) is 16.0. The van der Waals surface area contributed by atoms with Gasteiger partial charge in [-0.2, -0.15) is 0 Å². The molecular formula is C36H41FN6O5. The lowest BCUT2D eigenvalue weighted by atomic mass is 9.90. The van der Waals surface area contributed by atoms with Crippen molar-refractivity contribution in [1.82, 2.24) is 30.5 Å². The molecule has 2 saturated heterocycles. The SMILES string of the molecule is C=CCOC(=O)NCCC[C@H]1C(=O)N(CC(c2ccccc2)c2ccccc2)C[C@H]2N1C(=O)CN(C)N2C(=O)NCc1ccc(F)cc1. The van der Waals surface area contributed by atoms with Gasteiger partial charge in [0.2, 0.25) is 11.8 Å². The molecule has 5 amide bonds. The van der Waals surface area contributed by atoms with Crippen LogP contribution in [0.5, 0.6) is 0 Å². The number of carbonyl (C=O) groups excluding carboxylic acids is 4. The van der Waals surface area contributed by atoms with Crippen molar-refractivity contribution in [2.75, 3.05) is 39.8 Å². The van der Waals surface area contributed by atoms with E-state index in [1.165, 1.54) is 28.1 Å². The number of carbonyl (C=O) groups is 4. The number of likely N-dealkylation sites (N-methyl/N-ethyl adjacent to an activating group) is 1. The zero-order valence-corrected chi connectivity index (χ0v) is 27.0. The third kappa shape index (κ3) is 8.18. The van der Waals surface area contributed by atoms with Crippen LogP contribution in [-0.2, 0) is 20.9 Å². The van der Waals surface area contributed by atoms with E-state index in [9.17, 15) is 23.6 Å². The lowest BCUT2D eigenvalue weighted by Crippen LogP contribution is -2.76. The largest absolute Gasteiger partial charge is 0.445 e. The molecule has 2 N–H and O–H groups in total. The van der Waals surface area contributed by atoms with Gasteiger partial charge >= 0.3 is 12.1 Å². The highest BCUT2D eigenvalue weighted by molar-refractivity contribution is 5.91. The third-order valence-corrected chi connectivity index (χ3v) is 8.57. The van der Waals surface area contributed by atoms with E-state index >= 15 is 0 Å². The molecule has 2 aliphatic heterocycles. The van der Waals surface area contributed by atoms with Crippen LogP contribution in [0.15, 0.2) is 97.6 Å². The van der Waals surface area contributed by atoms with Crippen LogP contribution >= 0.6 is 0 Å². The Labute approximate surface area is 279 Å². The number of hydrazine groups is 1. The average molecular weight is 657 g/mol. The molecule has 11 nitrogen and oxygen atoms in total. The summed E-state index contributed by atoms with van der Waals surface area (Å²) in [6, 6.07) is 24.4. The minimum Gasteiger partial charge on any atom is -0.445 e. The van der Waals surface area contributed by atoms with Gasteiger partial charge in [-0.25, -0.2) is 24.0 Å². The van der Waals surface area contributed by atoms with Gasteiger partial charge in [0.1, 0.15) is 24.6 Å². The second-order valence-corrected chi connectivity index (χ2v) is 11.8. The second-order valence-electron chi connectivity index (χ2n) is 11.8. The van der Waals surface area contributed by atoms with Gasteiger partial charge in [-0.1, -0.05) is 85.5 Å². The normalized spacial score (nSPS) is 18.0. The third-order valence-electron chi connectivity index (χ3n) is 8.57. The topological polar surface area (TPSA) is 115 Å². The molecule has 5 rings (SSSR count). The molecule has 12 heteroatoms. The van der Waals surface area contributed by atoms with E-state index in [1.54, 1.807) is 29.1 Å². The lowest BCUT2D eigenvalue weighted by Gasteiger charge is -2.54. The summed E-state index contributed by atoms with van der Waals surface area (Å²) in [6.45, 7) is 4.29. The van der Waals surface area contributed by atoms with E-state index in [1.807, 2.05) is 60.7 Å². The zero-order valence-electron chi connectivity index (χ0n) is 27.0. The van der Waals surface area contributed by atoms with Gasteiger partial charge in [-0.05, 0) is 41.7 Å². The van der Waals surface area contributed by atoms with Gasteiger partial charge in [0.25, 0.3) is 0 Å². The van der Waals surface area contributed by atoms with Crippen molar-refractivity contribution in [2.24, 2.45) is 0 Å². The highest BCUT2D eigenvalue weighted by atomic mass is 19.1. The monoisotopic (exact) mass is 656 g/mol. The van der Waals surface area contributed by atoms with Gasteiger partial charge in [0.05, 0.1) is 13.1 Å². The molecule has 0 saturated carbocycles. The number of ether oxygens (including phenoxy) is 1. The molecule has 0 aromatic heterocycles. The lowest BCUT2D eigenvalue weighted by molar-refractivity contribution is -0.187. The Kier molecular flexibility index (Phi) is 11.4. The molecule has 0 spiro atoms. The number of urea groups is 1. The molecule has 2 aliphatic rings. The van der Waals surface area contributed by atoms with Crippen LogP contribution in [-0.4, -0.2) is 95.8 Å². The number of piperazine rings is 1. The molecule has 2 atom stereocenters. The molecule has 48 heavy (non-hydrogen) atoms. The molecule has 3 aromatic rings. The molecule has 252 valence electrons. The Morgan fingerprint density at radius 3 is 2.25 bits per heavy atom. The molecule has 0 unspecified atom stereocenters. The zero-order chi connectivity index (χ0) is 34.0. The van der Waals surface area contributed by atoms with E-state index in [4.69, 9.17) is 4.74 Å². The van der Waals surface area contributed by atoms with Gasteiger partial charge in [-0.3, -0.25) is 9.59 Å². The fourth-order valence-corrected chi connectivity index (χ4v) is 6.27. The number of hydrogen-bond donors (Lipinski definition) is 2. The molecular weight excluding hydrogens is 615 g/mol. The molecule has 2 heterocycles. The molecule has 0 aliphatic carbocycles. The predicted octanol–water partition coefficient (Wildman–Crippen LogP) is 4.09. The predicted molar refractivity (Wildman–Crippen MR) is 178 cm³/mol. The minimum atomic E-state index is -0.865. The fourth-order valence-electron chi connectivity index (χ4n) is 6.27. The summed E-state index contributed by atoms with van der Waals surface area (Å²) < 4.78 is 18.4. The number of hydrogen-bond acceptors (Lipinski definition) is 6. The van der Waals surface area contributed by atoms with Crippen LogP contribution < -0.4 is 10.6 Å². The van der Waals surface area contributed by atoms with Crippen molar-refractivity contribution >= 4 is 23.9 Å². The summed E-state index contributed by atoms with van der Waals surface area (Å²) in [5.41, 5.74) is 2.77. The number of fused-ring (bicyclic) bond motifs is 1. The maximum Gasteiger partial charge on any atom is 0.407 e. The maximum absolute atomic E-state index is 14.3. The number of alkyl carbamates (subject to hydrolysis) is 1. The molecule has 0 radical (unpaired) electrons.